The molecule has 18 atom stereocenters. The summed E-state index contributed by atoms with van der Waals surface area (Å²) in [6.45, 7) is 7.68. The third-order valence-corrected chi connectivity index (χ3v) is 20.7. The molecule has 125 heavy (non-hydrogen) atoms. The Morgan fingerprint density at radius 3 is 1.42 bits per heavy atom. The molecule has 0 radical (unpaired) electrons. The number of aliphatic hydroxyl groups excluding tert-OH is 4. The summed E-state index contributed by atoms with van der Waals surface area (Å²) in [6, 6.07) is -1.74. The summed E-state index contributed by atoms with van der Waals surface area (Å²) in [5, 5.41) is 113. The molecule has 3 aromatic carbocycles. The van der Waals surface area contributed by atoms with Crippen molar-refractivity contribution in [3.8, 4) is 5.75 Å². The number of nitrogens with one attached hydrogen (secondary N) is 13. The summed E-state index contributed by atoms with van der Waals surface area (Å²) >= 11 is 1.44. The van der Waals surface area contributed by atoms with Gasteiger partial charge < -0.3 is 132 Å². The first-order chi connectivity index (χ1) is 59.0. The Balaban J connectivity index is 1.55. The molecule has 1 aliphatic heterocycles. The van der Waals surface area contributed by atoms with Crippen LogP contribution in [-0.4, -0.2) is 293 Å². The number of carbonyl (C=O) groups is 17. The zero-order valence-electron chi connectivity index (χ0n) is 70.8. The molecule has 0 aliphatic carbocycles. The van der Waals surface area contributed by atoms with Crippen molar-refractivity contribution < 1.29 is 122 Å². The second kappa shape index (κ2) is 53.1. The van der Waals surface area contributed by atoms with E-state index in [0.29, 0.717) is 22.4 Å². The minimum absolute atomic E-state index is 0.0246. The molecule has 0 bridgehead atoms. The quantitative estimate of drug-likeness (QED) is 0.0142. The number of aliphatic carboxylic acids is 3. The maximum atomic E-state index is 14.9. The number of nitrogens with zero attached hydrogens (tertiary/aromatic N) is 2. The van der Waals surface area contributed by atoms with Gasteiger partial charge in [-0.3, -0.25) is 81.7 Å². The van der Waals surface area contributed by atoms with E-state index in [4.69, 9.17) is 17.2 Å². The van der Waals surface area contributed by atoms with Crippen LogP contribution < -0.4 is 86.3 Å². The number of benzene rings is 3. The number of hydrogen-bond acceptors (Lipinski definition) is 25. The molecule has 0 spiro atoms. The second-order valence-electron chi connectivity index (χ2n) is 30.8. The number of carbonyl (C=O) groups excluding carboxylic acids is 14. The summed E-state index contributed by atoms with van der Waals surface area (Å²) in [5.41, 5.74) is 18.2. The van der Waals surface area contributed by atoms with Crippen LogP contribution in [0.1, 0.15) is 129 Å². The van der Waals surface area contributed by atoms with Crippen LogP contribution in [0.4, 0.5) is 0 Å². The van der Waals surface area contributed by atoms with Gasteiger partial charge in [-0.25, -0.2) is 4.79 Å². The van der Waals surface area contributed by atoms with Gasteiger partial charge in [0.05, 0.1) is 43.9 Å². The van der Waals surface area contributed by atoms with E-state index < -0.39 is 248 Å². The molecule has 44 heteroatoms. The van der Waals surface area contributed by atoms with Gasteiger partial charge in [0.2, 0.25) is 82.7 Å². The van der Waals surface area contributed by atoms with Gasteiger partial charge in [-0.1, -0.05) is 107 Å². The first-order valence-corrected chi connectivity index (χ1v) is 42.1. The molecule has 4 rings (SSSR count). The van der Waals surface area contributed by atoms with Crippen LogP contribution in [0.3, 0.4) is 0 Å². The lowest BCUT2D eigenvalue weighted by atomic mass is 9.96. The third kappa shape index (κ3) is 36.3. The Hall–Kier alpha value is -12.1. The van der Waals surface area contributed by atoms with E-state index >= 15 is 0 Å². The van der Waals surface area contributed by atoms with Gasteiger partial charge >= 0.3 is 17.9 Å². The second-order valence-corrected chi connectivity index (χ2v) is 31.8. The first kappa shape index (κ1) is 105. The fourth-order valence-electron chi connectivity index (χ4n) is 13.0. The number of hydrogen-bond donors (Lipinski definition) is 24. The Kier molecular flexibility index (Phi) is 44.7. The molecule has 1 saturated heterocycles. The molecule has 27 N–H and O–H groups in total. The largest absolute Gasteiger partial charge is 0.508 e. The fourth-order valence-corrected chi connectivity index (χ4v) is 13.5. The van der Waals surface area contributed by atoms with Gasteiger partial charge in [-0.05, 0) is 118 Å². The number of aliphatic hydroxyl groups is 4. The van der Waals surface area contributed by atoms with Gasteiger partial charge in [-0.2, -0.15) is 11.8 Å². The molecule has 0 unspecified atom stereocenters. The van der Waals surface area contributed by atoms with Crippen LogP contribution in [0.15, 0.2) is 89.9 Å². The predicted molar refractivity (Wildman–Crippen MR) is 452 cm³/mol. The topological polar surface area (TPSA) is 702 Å². The number of aromatic hydroxyl groups is 1. The zero-order valence-corrected chi connectivity index (χ0v) is 71.6. The number of guanidine groups is 1. The molecular weight excluding hydrogens is 1660 g/mol. The Bertz CT molecular complexity index is 4180. The third-order valence-electron chi connectivity index (χ3n) is 20.1. The molecule has 0 saturated carbocycles. The molecule has 1 fully saturated rings. The van der Waals surface area contributed by atoms with E-state index in [-0.39, 0.29) is 88.5 Å². The summed E-state index contributed by atoms with van der Waals surface area (Å²) in [4.78, 5) is 239. The SMILES string of the molecule is CC[C@H](C)[C@H](NC(=O)[C@H](CCCN=C(N)N)NC(=O)[C@@H](N)CCSC)C(=O)N[C@H](C(=O)N[C@@H](CCC(=O)O)C(=O)NCC(=O)N[C@H](C(=O)N[C@@H](Cc1ccccc1)C(=O)N[C@@H](CO)C(=O)N[C@@H](Cc1ccc(O)cc1)C(=O)N[C@@H](CC(C)C)C(=O)N1CCC[C@H]1C(=O)N[C@@H](CC(=O)O)C(=O)N[C@@H](Cc1ccccc1)C(=O)N[C@H](C(=O)O)[C@@H](C)O)[C@@H](C)O)[C@@H](C)O. The molecule has 1 heterocycles. The average molecular weight is 1780 g/mol. The fraction of sp³-hybridized carbons (Fsp3) is 0.556. The number of nitrogens with two attached hydrogens (primary N) is 3. The molecule has 1 aliphatic rings. The maximum absolute atomic E-state index is 14.9. The normalized spacial score (nSPS) is 16.5. The number of thioether (sulfide) groups is 1. The molecule has 690 valence electrons. The van der Waals surface area contributed by atoms with Crippen LogP contribution in [-0.2, 0) is 101 Å². The van der Waals surface area contributed by atoms with Crippen molar-refractivity contribution in [1.29, 1.82) is 0 Å². The number of likely N-dealkylation sites (tertiary alicyclic amines) is 1. The summed E-state index contributed by atoms with van der Waals surface area (Å²) < 4.78 is 0. The number of phenolic OH excluding ortho intramolecular Hbond substituents is 1. The Labute approximate surface area is 726 Å². The zero-order chi connectivity index (χ0) is 93.5. The molecule has 3 aromatic rings. The van der Waals surface area contributed by atoms with Crippen molar-refractivity contribution >= 4 is 118 Å². The van der Waals surface area contributed by atoms with Crippen molar-refractivity contribution in [3.05, 3.63) is 102 Å². The lowest BCUT2D eigenvalue weighted by Crippen LogP contribution is -2.62. The van der Waals surface area contributed by atoms with E-state index in [1.165, 1.54) is 36.0 Å². The molecular formula is C81H120N18O25S. The number of aliphatic imine (C=N–C) groups is 1. The van der Waals surface area contributed by atoms with Gasteiger partial charge in [0, 0.05) is 38.8 Å². The van der Waals surface area contributed by atoms with Gasteiger partial charge in [0.1, 0.15) is 78.3 Å². The van der Waals surface area contributed by atoms with Crippen molar-refractivity contribution in [2.75, 3.05) is 38.2 Å². The standard InChI is InChI=1S/C81H120N18O25S/c1-9-42(4)63(96-69(112)51(22-16-31-85-81(83)84)87-67(110)50(82)30-33-125-8)76(119)97-65(44(6)102)78(121)88-52(28-29-61(106)107)68(111)86-39-60(105)95-64(43(5)101)77(120)92-54(35-46-18-12-10-13-19-46)71(114)94-58(40-100)74(117)90-53(37-48-24-26-49(104)27-25-48)70(113)93-57(34-41(2)3)79(122)99-32-17-23-59(99)75(118)91-56(38-62(108)109)72(115)89-55(36-47-20-14-11-15-21-47)73(116)98-66(45(7)103)80(123)124/h10-15,18-21,24-27,41-45,50-59,63-66,100-104H,9,16-17,22-23,28-40,82H2,1-8H3,(H,86,111)(H,87,110)(H,88,121)(H,89,115)(H,90,117)(H,91,118)(H,92,120)(H,93,113)(H,94,114)(H,95,105)(H,96,112)(H,97,119)(H,98,116)(H,106,107)(H,108,109)(H,123,124)(H4,83,84,85)/t42-,43+,44+,45+,50-,51-,52-,53-,54-,55-,56-,57-,58-,59-,63-,64-,65-,66-/m0/s1. The van der Waals surface area contributed by atoms with Crippen LogP contribution in [0, 0.1) is 11.8 Å². The molecule has 0 aromatic heterocycles. The minimum Gasteiger partial charge on any atom is -0.508 e. The number of rotatable bonds is 54. The summed E-state index contributed by atoms with van der Waals surface area (Å²) in [7, 11) is 0. The lowest BCUT2D eigenvalue weighted by Gasteiger charge is -2.31. The van der Waals surface area contributed by atoms with Crippen LogP contribution in [0.2, 0.25) is 0 Å². The number of phenols is 1. The number of amides is 14. The maximum Gasteiger partial charge on any atom is 0.328 e. The highest BCUT2D eigenvalue weighted by Gasteiger charge is 2.43. The van der Waals surface area contributed by atoms with Crippen molar-refractivity contribution in [1.82, 2.24) is 74.0 Å². The van der Waals surface area contributed by atoms with Crippen molar-refractivity contribution in [2.45, 2.75) is 235 Å². The van der Waals surface area contributed by atoms with E-state index in [0.717, 1.165) is 25.7 Å². The highest BCUT2D eigenvalue weighted by molar-refractivity contribution is 7.98. The van der Waals surface area contributed by atoms with Crippen LogP contribution in [0.25, 0.3) is 0 Å². The smallest absolute Gasteiger partial charge is 0.328 e. The van der Waals surface area contributed by atoms with Gasteiger partial charge in [-0.15, -0.1) is 0 Å². The van der Waals surface area contributed by atoms with Crippen molar-refractivity contribution in [2.24, 2.45) is 34.0 Å². The van der Waals surface area contributed by atoms with E-state index in [1.54, 1.807) is 88.4 Å². The summed E-state index contributed by atoms with van der Waals surface area (Å²) in [6.07, 6.45) is -6.14. The number of carboxylic acid groups (broad SMARTS) is 3. The van der Waals surface area contributed by atoms with E-state index in [2.05, 4.69) is 74.1 Å². The Morgan fingerprint density at radius 1 is 0.496 bits per heavy atom. The lowest BCUT2D eigenvalue weighted by molar-refractivity contribution is -0.146. The monoisotopic (exact) mass is 1780 g/mol. The van der Waals surface area contributed by atoms with Crippen molar-refractivity contribution in [3.63, 3.8) is 0 Å². The predicted octanol–water partition coefficient (Wildman–Crippen LogP) is -5.87. The first-order valence-electron chi connectivity index (χ1n) is 40.7. The Morgan fingerprint density at radius 2 is 0.936 bits per heavy atom. The van der Waals surface area contributed by atoms with Gasteiger partial charge in [0.25, 0.3) is 0 Å². The number of carboxylic acids is 3. The van der Waals surface area contributed by atoms with E-state index in [1.807, 2.05) is 6.26 Å². The highest BCUT2D eigenvalue weighted by atomic mass is 32.2. The average Bonchev–Trinajstić information content (AvgIpc) is 1.66. The van der Waals surface area contributed by atoms with E-state index in [9.17, 15) is 122 Å². The highest BCUT2D eigenvalue weighted by Crippen LogP contribution is 2.23. The van der Waals surface area contributed by atoms with Gasteiger partial charge in [0.15, 0.2) is 12.0 Å². The molecule has 43 nitrogen and oxygen atoms in total. The molecule has 14 amide bonds. The summed E-state index contributed by atoms with van der Waals surface area (Å²) in [5.74, 6) is -20.6. The van der Waals surface area contributed by atoms with Crippen LogP contribution >= 0.6 is 11.8 Å². The van der Waals surface area contributed by atoms with Crippen LogP contribution in [0.5, 0.6) is 5.75 Å². The minimum atomic E-state index is -1.96.